The standard InChI is InChI=1S/C6H11N3/c1-5(2-7)9-3-6(8)4-9/h5-6H,3-4,8H2,1H3/t5-/m1/s1. The van der Waals surface area contributed by atoms with E-state index in [9.17, 15) is 0 Å². The third kappa shape index (κ3) is 1.21. The van der Waals surface area contributed by atoms with E-state index in [1.165, 1.54) is 0 Å². The lowest BCUT2D eigenvalue weighted by Crippen LogP contribution is -2.58. The maximum Gasteiger partial charge on any atom is 0.0950 e. The molecule has 1 fully saturated rings. The molecule has 9 heavy (non-hydrogen) atoms. The smallest absolute Gasteiger partial charge is 0.0950 e. The predicted molar refractivity (Wildman–Crippen MR) is 34.6 cm³/mol. The Morgan fingerprint density at radius 1 is 1.78 bits per heavy atom. The molecule has 0 radical (unpaired) electrons. The second-order valence-corrected chi connectivity index (χ2v) is 2.52. The Kier molecular flexibility index (Phi) is 1.70. The van der Waals surface area contributed by atoms with Crippen LogP contribution in [0, 0.1) is 11.3 Å². The summed E-state index contributed by atoms with van der Waals surface area (Å²) in [6.07, 6.45) is 0. The first kappa shape index (κ1) is 6.53. The third-order valence-corrected chi connectivity index (χ3v) is 1.67. The van der Waals surface area contributed by atoms with E-state index in [4.69, 9.17) is 11.0 Å². The Bertz CT molecular complexity index is 132. The number of hydrogen-bond donors (Lipinski definition) is 1. The molecule has 1 atom stereocenters. The van der Waals surface area contributed by atoms with E-state index in [1.807, 2.05) is 6.92 Å². The molecular formula is C6H11N3. The van der Waals surface area contributed by atoms with Crippen molar-refractivity contribution in [2.45, 2.75) is 19.0 Å². The van der Waals surface area contributed by atoms with Gasteiger partial charge in [0.05, 0.1) is 12.1 Å². The van der Waals surface area contributed by atoms with Gasteiger partial charge in [-0.2, -0.15) is 5.26 Å². The van der Waals surface area contributed by atoms with Gasteiger partial charge in [0.15, 0.2) is 0 Å². The Labute approximate surface area is 55.1 Å². The zero-order chi connectivity index (χ0) is 6.85. The third-order valence-electron chi connectivity index (χ3n) is 1.67. The van der Waals surface area contributed by atoms with Crippen molar-refractivity contribution in [1.82, 2.24) is 4.90 Å². The molecule has 3 nitrogen and oxygen atoms in total. The van der Waals surface area contributed by atoms with Gasteiger partial charge in [0, 0.05) is 19.1 Å². The highest BCUT2D eigenvalue weighted by Crippen LogP contribution is 2.08. The van der Waals surface area contributed by atoms with Crippen molar-refractivity contribution < 1.29 is 0 Å². The fraction of sp³-hybridized carbons (Fsp3) is 0.833. The summed E-state index contributed by atoms with van der Waals surface area (Å²) in [6.45, 7) is 3.66. The first-order valence-electron chi connectivity index (χ1n) is 3.13. The molecule has 1 saturated heterocycles. The van der Waals surface area contributed by atoms with E-state index in [-0.39, 0.29) is 6.04 Å². The van der Waals surface area contributed by atoms with Crippen molar-refractivity contribution in [3.63, 3.8) is 0 Å². The lowest BCUT2D eigenvalue weighted by Gasteiger charge is -2.38. The fourth-order valence-electron chi connectivity index (χ4n) is 0.947. The molecule has 0 aromatic rings. The van der Waals surface area contributed by atoms with Crippen molar-refractivity contribution >= 4 is 0 Å². The molecule has 1 rings (SSSR count). The summed E-state index contributed by atoms with van der Waals surface area (Å²) in [5.74, 6) is 0. The van der Waals surface area contributed by atoms with Crippen LogP contribution in [0.15, 0.2) is 0 Å². The van der Waals surface area contributed by atoms with Gasteiger partial charge in [0.25, 0.3) is 0 Å². The Morgan fingerprint density at radius 2 is 2.33 bits per heavy atom. The minimum atomic E-state index is 0.0461. The van der Waals surface area contributed by atoms with Crippen molar-refractivity contribution in [2.24, 2.45) is 5.73 Å². The Balaban J connectivity index is 2.25. The molecule has 0 bridgehead atoms. The molecule has 0 amide bonds. The highest BCUT2D eigenvalue weighted by atomic mass is 15.2. The second kappa shape index (κ2) is 2.34. The fourth-order valence-corrected chi connectivity index (χ4v) is 0.947. The van der Waals surface area contributed by atoms with Crippen LogP contribution in [-0.4, -0.2) is 30.1 Å². The molecule has 0 unspecified atom stereocenters. The maximum absolute atomic E-state index is 8.42. The van der Waals surface area contributed by atoms with E-state index in [1.54, 1.807) is 0 Å². The van der Waals surface area contributed by atoms with Gasteiger partial charge in [-0.1, -0.05) is 0 Å². The highest BCUT2D eigenvalue weighted by Gasteiger charge is 2.26. The molecule has 1 aliphatic heterocycles. The molecule has 2 N–H and O–H groups in total. The van der Waals surface area contributed by atoms with Crippen molar-refractivity contribution in [1.29, 1.82) is 5.26 Å². The van der Waals surface area contributed by atoms with Gasteiger partial charge in [-0.25, -0.2) is 0 Å². The Morgan fingerprint density at radius 3 is 2.67 bits per heavy atom. The molecule has 0 aliphatic carbocycles. The summed E-state index contributed by atoms with van der Waals surface area (Å²) in [5, 5.41) is 8.42. The first-order chi connectivity index (χ1) is 4.24. The van der Waals surface area contributed by atoms with Gasteiger partial charge in [-0.05, 0) is 6.92 Å². The molecule has 1 heterocycles. The molecule has 1 aliphatic rings. The van der Waals surface area contributed by atoms with Crippen LogP contribution in [0.5, 0.6) is 0 Å². The highest BCUT2D eigenvalue weighted by molar-refractivity contribution is 4.95. The average Bonchev–Trinajstić information content (AvgIpc) is 1.79. The van der Waals surface area contributed by atoms with Crippen LogP contribution in [0.3, 0.4) is 0 Å². The number of likely N-dealkylation sites (tertiary alicyclic amines) is 1. The minimum absolute atomic E-state index is 0.0461. The number of hydrogen-bond acceptors (Lipinski definition) is 3. The van der Waals surface area contributed by atoms with Crippen LogP contribution in [0.1, 0.15) is 6.92 Å². The lowest BCUT2D eigenvalue weighted by atomic mass is 10.1. The van der Waals surface area contributed by atoms with Crippen LogP contribution >= 0.6 is 0 Å². The topological polar surface area (TPSA) is 53.0 Å². The molecule has 0 saturated carbocycles. The van der Waals surface area contributed by atoms with Crippen LogP contribution in [-0.2, 0) is 0 Å². The van der Waals surface area contributed by atoms with Gasteiger partial charge < -0.3 is 5.73 Å². The van der Waals surface area contributed by atoms with E-state index in [2.05, 4.69) is 11.0 Å². The van der Waals surface area contributed by atoms with Crippen LogP contribution < -0.4 is 5.73 Å². The van der Waals surface area contributed by atoms with E-state index < -0.39 is 0 Å². The number of nitriles is 1. The molecule has 50 valence electrons. The quantitative estimate of drug-likeness (QED) is 0.516. The van der Waals surface area contributed by atoms with Gasteiger partial charge in [-0.15, -0.1) is 0 Å². The summed E-state index contributed by atoms with van der Waals surface area (Å²) in [4.78, 5) is 2.06. The van der Waals surface area contributed by atoms with Gasteiger partial charge in [-0.3, -0.25) is 4.90 Å². The summed E-state index contributed by atoms with van der Waals surface area (Å²) in [6, 6.07) is 2.51. The molecule has 0 aromatic heterocycles. The van der Waals surface area contributed by atoms with Crippen molar-refractivity contribution in [3.8, 4) is 6.07 Å². The van der Waals surface area contributed by atoms with Gasteiger partial charge >= 0.3 is 0 Å². The summed E-state index contributed by atoms with van der Waals surface area (Å²) < 4.78 is 0. The number of nitrogens with zero attached hydrogens (tertiary/aromatic N) is 2. The normalized spacial score (nSPS) is 24.6. The zero-order valence-corrected chi connectivity index (χ0v) is 5.54. The van der Waals surface area contributed by atoms with E-state index in [0.717, 1.165) is 13.1 Å². The zero-order valence-electron chi connectivity index (χ0n) is 5.54. The molecule has 0 aromatic carbocycles. The van der Waals surface area contributed by atoms with Crippen LogP contribution in [0.4, 0.5) is 0 Å². The summed E-state index contributed by atoms with van der Waals surface area (Å²) in [7, 11) is 0. The van der Waals surface area contributed by atoms with Crippen LogP contribution in [0.25, 0.3) is 0 Å². The number of nitrogens with two attached hydrogens (primary N) is 1. The molecule has 3 heteroatoms. The molecular weight excluding hydrogens is 114 g/mol. The largest absolute Gasteiger partial charge is 0.325 e. The SMILES string of the molecule is C[C@H](C#N)N1CC(N)C1. The first-order valence-corrected chi connectivity index (χ1v) is 3.13. The minimum Gasteiger partial charge on any atom is -0.325 e. The predicted octanol–water partition coefficient (Wildman–Crippen LogP) is -0.459. The number of rotatable bonds is 1. The van der Waals surface area contributed by atoms with Crippen molar-refractivity contribution in [2.75, 3.05) is 13.1 Å². The van der Waals surface area contributed by atoms with Gasteiger partial charge in [0.1, 0.15) is 0 Å². The van der Waals surface area contributed by atoms with Crippen LogP contribution in [0.2, 0.25) is 0 Å². The maximum atomic E-state index is 8.42. The average molecular weight is 125 g/mol. The summed E-state index contributed by atoms with van der Waals surface area (Å²) >= 11 is 0. The van der Waals surface area contributed by atoms with Crippen molar-refractivity contribution in [3.05, 3.63) is 0 Å². The Hall–Kier alpha value is -0.590. The van der Waals surface area contributed by atoms with E-state index in [0.29, 0.717) is 6.04 Å². The monoisotopic (exact) mass is 125 g/mol. The lowest BCUT2D eigenvalue weighted by molar-refractivity contribution is 0.129. The van der Waals surface area contributed by atoms with E-state index >= 15 is 0 Å². The molecule has 0 spiro atoms. The second-order valence-electron chi connectivity index (χ2n) is 2.52. The van der Waals surface area contributed by atoms with Gasteiger partial charge in [0.2, 0.25) is 0 Å². The summed E-state index contributed by atoms with van der Waals surface area (Å²) in [5.41, 5.74) is 5.51.